The Bertz CT molecular complexity index is 349. The number of rotatable bonds is 1. The van der Waals surface area contributed by atoms with Gasteiger partial charge in [-0.15, -0.1) is 0 Å². The van der Waals surface area contributed by atoms with E-state index in [2.05, 4.69) is 4.99 Å². The summed E-state index contributed by atoms with van der Waals surface area (Å²) >= 11 is 0. The summed E-state index contributed by atoms with van der Waals surface area (Å²) in [5, 5.41) is 11.4. The van der Waals surface area contributed by atoms with Gasteiger partial charge in [-0.3, -0.25) is 5.06 Å². The van der Waals surface area contributed by atoms with E-state index in [1.807, 2.05) is 19.1 Å². The number of aliphatic imine (C=N–C) groups is 1. The summed E-state index contributed by atoms with van der Waals surface area (Å²) in [7, 11) is 0. The number of amidine groups is 1. The van der Waals surface area contributed by atoms with Crippen molar-refractivity contribution in [1.82, 2.24) is 0 Å². The Labute approximate surface area is 76.0 Å². The molecule has 1 heterocycles. The van der Waals surface area contributed by atoms with Crippen molar-refractivity contribution in [2.45, 2.75) is 6.92 Å². The second-order valence-corrected chi connectivity index (χ2v) is 2.70. The predicted octanol–water partition coefficient (Wildman–Crippen LogP) is 0.738. The number of hydrogen-bond acceptors (Lipinski definition) is 3. The molecular formula is C9H10N2O2. The van der Waals surface area contributed by atoms with Gasteiger partial charge in [-0.05, 0) is 13.0 Å². The van der Waals surface area contributed by atoms with Crippen molar-refractivity contribution >= 4 is 17.4 Å². The lowest BCUT2D eigenvalue weighted by Gasteiger charge is -2.15. The van der Waals surface area contributed by atoms with Gasteiger partial charge in [-0.1, -0.05) is 12.1 Å². The lowest BCUT2D eigenvalue weighted by Crippen LogP contribution is -3.04. The summed E-state index contributed by atoms with van der Waals surface area (Å²) in [6.07, 6.45) is 0. The number of nitrogens with zero attached hydrogens (tertiary/aromatic N) is 1. The molecule has 0 fully saturated rings. The van der Waals surface area contributed by atoms with Crippen molar-refractivity contribution in [2.75, 3.05) is 6.61 Å². The third-order valence-corrected chi connectivity index (χ3v) is 1.85. The van der Waals surface area contributed by atoms with E-state index < -0.39 is 0 Å². The lowest BCUT2D eigenvalue weighted by molar-refractivity contribution is -0.677. The fraction of sp³-hybridized carbons (Fsp3) is 0.222. The number of hydrogen-bond donors (Lipinski definition) is 1. The molecule has 2 rings (SSSR count). The highest BCUT2D eigenvalue weighted by Gasteiger charge is 2.24. The second kappa shape index (κ2) is 3.16. The van der Waals surface area contributed by atoms with Crippen molar-refractivity contribution in [3.05, 3.63) is 29.5 Å². The van der Waals surface area contributed by atoms with Crippen LogP contribution in [0.25, 0.3) is 0 Å². The van der Waals surface area contributed by atoms with Crippen LogP contribution in [0.3, 0.4) is 0 Å². The Morgan fingerprint density at radius 3 is 2.92 bits per heavy atom. The van der Waals surface area contributed by atoms with Gasteiger partial charge < -0.3 is 9.94 Å². The van der Waals surface area contributed by atoms with Crippen molar-refractivity contribution < 1.29 is 9.80 Å². The summed E-state index contributed by atoms with van der Waals surface area (Å²) in [6, 6.07) is 7.45. The quantitative estimate of drug-likeness (QED) is 0.645. The molecule has 1 aliphatic heterocycles. The molecule has 1 aliphatic rings. The van der Waals surface area contributed by atoms with Crippen LogP contribution in [-0.4, -0.2) is 12.6 Å². The SMILES string of the molecule is CCOC1=Nc2ccccc2[NH+]1[O-]. The topological polar surface area (TPSA) is 49.1 Å². The molecule has 1 N–H and O–H groups in total. The summed E-state index contributed by atoms with van der Waals surface area (Å²) in [5.41, 5.74) is 1.34. The predicted molar refractivity (Wildman–Crippen MR) is 49.2 cm³/mol. The van der Waals surface area contributed by atoms with Gasteiger partial charge in [-0.25, -0.2) is 0 Å². The van der Waals surface area contributed by atoms with Crippen LogP contribution in [-0.2, 0) is 4.74 Å². The van der Waals surface area contributed by atoms with E-state index in [0.717, 1.165) is 0 Å². The molecule has 68 valence electrons. The number of quaternary nitrogens is 1. The third-order valence-electron chi connectivity index (χ3n) is 1.85. The number of benzene rings is 1. The minimum atomic E-state index is -0.113. The van der Waals surface area contributed by atoms with Gasteiger partial charge in [-0.2, -0.15) is 4.99 Å². The Hall–Kier alpha value is -1.39. The number of nitrogens with one attached hydrogen (secondary N) is 1. The molecule has 13 heavy (non-hydrogen) atoms. The first kappa shape index (κ1) is 8.22. The Morgan fingerprint density at radius 1 is 1.46 bits per heavy atom. The van der Waals surface area contributed by atoms with Gasteiger partial charge >= 0.3 is 6.02 Å². The van der Waals surface area contributed by atoms with E-state index in [9.17, 15) is 5.21 Å². The average molecular weight is 178 g/mol. The molecule has 1 unspecified atom stereocenters. The van der Waals surface area contributed by atoms with Gasteiger partial charge in [0.2, 0.25) is 0 Å². The molecule has 0 saturated carbocycles. The van der Waals surface area contributed by atoms with Crippen LogP contribution in [0.5, 0.6) is 0 Å². The third kappa shape index (κ3) is 1.30. The van der Waals surface area contributed by atoms with E-state index in [1.54, 1.807) is 12.1 Å². The summed E-state index contributed by atoms with van der Waals surface area (Å²) in [4.78, 5) is 4.07. The molecule has 1 atom stereocenters. The van der Waals surface area contributed by atoms with Crippen molar-refractivity contribution in [2.24, 2.45) is 4.99 Å². The van der Waals surface area contributed by atoms with Crippen LogP contribution in [0.2, 0.25) is 0 Å². The standard InChI is InChI=1S/C9H10N2O2/c1-2-13-9-10-7-5-3-4-6-8(7)11(9)12/h3-6,11H,2H2,1H3. The Kier molecular flexibility index (Phi) is 2.00. The maximum absolute atomic E-state index is 11.5. The first-order chi connectivity index (χ1) is 6.33. The van der Waals surface area contributed by atoms with Crippen LogP contribution in [0.15, 0.2) is 29.3 Å². The Balaban J connectivity index is 2.33. The molecular weight excluding hydrogens is 168 g/mol. The van der Waals surface area contributed by atoms with Gasteiger partial charge in [0.25, 0.3) is 0 Å². The van der Waals surface area contributed by atoms with Crippen molar-refractivity contribution in [1.29, 1.82) is 0 Å². The second-order valence-electron chi connectivity index (χ2n) is 2.70. The zero-order valence-electron chi connectivity index (χ0n) is 7.28. The maximum atomic E-state index is 11.5. The van der Waals surface area contributed by atoms with Gasteiger partial charge in [0.05, 0.1) is 6.61 Å². The molecule has 0 aliphatic carbocycles. The molecule has 0 spiro atoms. The monoisotopic (exact) mass is 178 g/mol. The van der Waals surface area contributed by atoms with Crippen molar-refractivity contribution in [3.8, 4) is 0 Å². The zero-order chi connectivity index (χ0) is 9.26. The van der Waals surface area contributed by atoms with Crippen molar-refractivity contribution in [3.63, 3.8) is 0 Å². The van der Waals surface area contributed by atoms with Crippen LogP contribution in [0, 0.1) is 5.21 Å². The normalized spacial score (nSPS) is 19.5. The van der Waals surface area contributed by atoms with Crippen LogP contribution in [0.1, 0.15) is 6.92 Å². The highest BCUT2D eigenvalue weighted by Crippen LogP contribution is 2.24. The number of fused-ring (bicyclic) bond motifs is 1. The van der Waals surface area contributed by atoms with E-state index in [1.165, 1.54) is 0 Å². The maximum Gasteiger partial charge on any atom is 0.403 e. The smallest absolute Gasteiger partial charge is 0.403 e. The van der Waals surface area contributed by atoms with Crippen LogP contribution < -0.4 is 5.06 Å². The van der Waals surface area contributed by atoms with E-state index in [0.29, 0.717) is 18.0 Å². The van der Waals surface area contributed by atoms with Crippen LogP contribution >= 0.6 is 0 Å². The zero-order valence-corrected chi connectivity index (χ0v) is 7.28. The number of para-hydroxylation sites is 2. The Morgan fingerprint density at radius 2 is 2.23 bits per heavy atom. The molecule has 1 aromatic carbocycles. The van der Waals surface area contributed by atoms with Gasteiger partial charge in [0, 0.05) is 6.07 Å². The summed E-state index contributed by atoms with van der Waals surface area (Å²) < 4.78 is 5.10. The largest absolute Gasteiger partial charge is 0.620 e. The highest BCUT2D eigenvalue weighted by molar-refractivity contribution is 5.80. The van der Waals surface area contributed by atoms with Crippen LogP contribution in [0.4, 0.5) is 11.4 Å². The van der Waals surface area contributed by atoms with E-state index in [4.69, 9.17) is 4.74 Å². The molecule has 4 heteroatoms. The minimum absolute atomic E-state index is 0.113. The highest BCUT2D eigenvalue weighted by atomic mass is 16.6. The van der Waals surface area contributed by atoms with Gasteiger partial charge in [0.15, 0.2) is 5.69 Å². The lowest BCUT2D eigenvalue weighted by atomic mass is 10.3. The molecule has 0 aromatic heterocycles. The summed E-state index contributed by atoms with van der Waals surface area (Å²) in [6.45, 7) is 2.30. The average Bonchev–Trinajstić information content (AvgIpc) is 2.46. The first-order valence-corrected chi connectivity index (χ1v) is 4.18. The van der Waals surface area contributed by atoms with Gasteiger partial charge in [0.1, 0.15) is 5.69 Å². The first-order valence-electron chi connectivity index (χ1n) is 4.18. The molecule has 4 nitrogen and oxygen atoms in total. The molecule has 0 radical (unpaired) electrons. The number of ether oxygens (including phenoxy) is 1. The molecule has 0 amide bonds. The summed E-state index contributed by atoms with van der Waals surface area (Å²) in [5.74, 6) is 0. The molecule has 0 bridgehead atoms. The fourth-order valence-corrected chi connectivity index (χ4v) is 1.27. The number of hydroxylamine groups is 1. The van der Waals surface area contributed by atoms with E-state index in [-0.39, 0.29) is 11.1 Å². The molecule has 0 saturated heterocycles. The fourth-order valence-electron chi connectivity index (χ4n) is 1.27. The minimum Gasteiger partial charge on any atom is -0.620 e. The molecule has 1 aromatic rings. The van der Waals surface area contributed by atoms with E-state index >= 15 is 0 Å².